The zero-order chi connectivity index (χ0) is 41.2. The lowest BCUT2D eigenvalue weighted by atomic mass is 9.99. The number of carboxylic acids is 1. The SMILES string of the molecule is NC(=NCCCCc1ccc(-c2ccc(CCC(=O)N[C@H](CCCCNC[C@H](O)[C@@H](O)[C@H](O)[C@H](O)CO)C(=O)O)cc2)cc1)NC(=O)c1nc(Cl)c(N)nc1N. The van der Waals surface area contributed by atoms with Crippen LogP contribution in [0.2, 0.25) is 5.15 Å². The first-order valence-corrected chi connectivity index (χ1v) is 18.5. The van der Waals surface area contributed by atoms with Gasteiger partial charge in [0.1, 0.15) is 24.4 Å². The van der Waals surface area contributed by atoms with Gasteiger partial charge in [0.2, 0.25) is 5.91 Å². The summed E-state index contributed by atoms with van der Waals surface area (Å²) in [6.07, 6.45) is -2.23. The third kappa shape index (κ3) is 14.9. The summed E-state index contributed by atoms with van der Waals surface area (Å²) >= 11 is 5.82. The number of aliphatic carboxylic acids is 1. The number of amides is 2. The number of nitrogen functional groups attached to an aromatic ring is 2. The summed E-state index contributed by atoms with van der Waals surface area (Å²) in [4.78, 5) is 48.4. The molecular formula is C37H52ClN9O9. The minimum atomic E-state index is -1.71. The Morgan fingerprint density at radius 1 is 0.804 bits per heavy atom. The molecule has 0 radical (unpaired) electrons. The molecule has 0 bridgehead atoms. The molecule has 2 aromatic carbocycles. The van der Waals surface area contributed by atoms with Gasteiger partial charge in [0.25, 0.3) is 5.91 Å². The molecule has 0 fully saturated rings. The van der Waals surface area contributed by atoms with Crippen molar-refractivity contribution in [3.8, 4) is 11.1 Å². The smallest absolute Gasteiger partial charge is 0.326 e. The number of aliphatic hydroxyl groups is 5. The normalized spacial score (nSPS) is 14.4. The summed E-state index contributed by atoms with van der Waals surface area (Å²) in [6, 6.07) is 15.0. The van der Waals surface area contributed by atoms with E-state index in [0.29, 0.717) is 32.4 Å². The lowest BCUT2D eigenvalue weighted by Crippen LogP contribution is -2.49. The highest BCUT2D eigenvalue weighted by Crippen LogP contribution is 2.22. The highest BCUT2D eigenvalue weighted by molar-refractivity contribution is 6.31. The summed E-state index contributed by atoms with van der Waals surface area (Å²) in [7, 11) is 0. The number of guanidine groups is 1. The number of benzene rings is 2. The summed E-state index contributed by atoms with van der Waals surface area (Å²) in [5, 5.41) is 65.0. The predicted molar refractivity (Wildman–Crippen MR) is 210 cm³/mol. The zero-order valence-electron chi connectivity index (χ0n) is 30.9. The van der Waals surface area contributed by atoms with E-state index < -0.39 is 48.9 Å². The monoisotopic (exact) mass is 801 g/mol. The van der Waals surface area contributed by atoms with Crippen LogP contribution in [0, 0.1) is 0 Å². The van der Waals surface area contributed by atoms with Crippen LogP contribution in [0.3, 0.4) is 0 Å². The molecule has 5 atom stereocenters. The molecule has 0 aliphatic heterocycles. The highest BCUT2D eigenvalue weighted by Gasteiger charge is 2.29. The van der Waals surface area contributed by atoms with Crippen LogP contribution in [-0.2, 0) is 22.4 Å². The number of carbonyl (C=O) groups excluding carboxylic acids is 2. The number of aliphatic hydroxyl groups excluding tert-OH is 5. The molecule has 0 saturated carbocycles. The van der Waals surface area contributed by atoms with Gasteiger partial charge in [-0.05, 0) is 73.7 Å². The number of halogens is 1. The molecule has 306 valence electrons. The second-order valence-electron chi connectivity index (χ2n) is 13.2. The van der Waals surface area contributed by atoms with Crippen LogP contribution in [0.1, 0.15) is 60.1 Å². The van der Waals surface area contributed by atoms with Crippen molar-refractivity contribution >= 4 is 47.0 Å². The number of carbonyl (C=O) groups is 3. The van der Waals surface area contributed by atoms with E-state index in [1.54, 1.807) is 0 Å². The summed E-state index contributed by atoms with van der Waals surface area (Å²) < 4.78 is 0. The van der Waals surface area contributed by atoms with Crippen LogP contribution in [-0.4, -0.2) is 121 Å². The second-order valence-corrected chi connectivity index (χ2v) is 13.5. The second kappa shape index (κ2) is 23.2. The number of hydrogen-bond donors (Lipinski definition) is 12. The Kier molecular flexibility index (Phi) is 18.8. The van der Waals surface area contributed by atoms with E-state index in [0.717, 1.165) is 41.5 Å². The Balaban J connectivity index is 1.33. The Bertz CT molecular complexity index is 1750. The number of anilines is 2. The van der Waals surface area contributed by atoms with E-state index in [9.17, 15) is 39.9 Å². The maximum absolute atomic E-state index is 12.6. The molecule has 3 aromatic rings. The molecule has 15 N–H and O–H groups in total. The number of hydrogen-bond acceptors (Lipinski definition) is 14. The Hall–Kier alpha value is -4.95. The van der Waals surface area contributed by atoms with Gasteiger partial charge < -0.3 is 58.5 Å². The maximum Gasteiger partial charge on any atom is 0.326 e. The quantitative estimate of drug-likeness (QED) is 0.0334. The largest absolute Gasteiger partial charge is 0.480 e. The number of nitrogens with zero attached hydrogens (tertiary/aromatic N) is 3. The van der Waals surface area contributed by atoms with Crippen LogP contribution in [0.25, 0.3) is 11.1 Å². The van der Waals surface area contributed by atoms with Crippen molar-refractivity contribution in [2.24, 2.45) is 10.7 Å². The van der Waals surface area contributed by atoms with Crippen molar-refractivity contribution in [3.05, 3.63) is 70.5 Å². The third-order valence-electron chi connectivity index (χ3n) is 8.81. The fourth-order valence-corrected chi connectivity index (χ4v) is 5.63. The standard InChI is InChI=1S/C37H52ClN9O9/c38-32-34(40)46-33(39)29(45-32)35(54)47-37(41)43-18-4-1-5-21-7-12-23(13-8-21)24-14-9-22(10-15-24)11-16-28(51)44-25(36(55)56)6-2-3-17-42-19-26(49)30(52)31(53)27(50)20-48/h7-10,12-15,25-27,30-31,42,48-50,52-53H,1-6,11,16-20H2,(H,44,51)(H,55,56)(H4,39,40,46)(H3,41,43,47,54)/t25-,26+,27-,30-,31-/m1/s1. The molecule has 1 aromatic heterocycles. The maximum atomic E-state index is 12.6. The molecule has 0 spiro atoms. The average Bonchev–Trinajstić information content (AvgIpc) is 3.18. The topological polar surface area (TPSA) is 325 Å². The van der Waals surface area contributed by atoms with Gasteiger partial charge in [-0.3, -0.25) is 19.9 Å². The van der Waals surface area contributed by atoms with Gasteiger partial charge in [-0.25, -0.2) is 14.8 Å². The third-order valence-corrected chi connectivity index (χ3v) is 9.09. The fraction of sp³-hybridized carbons (Fsp3) is 0.459. The molecule has 0 saturated heterocycles. The van der Waals surface area contributed by atoms with Crippen molar-refractivity contribution in [2.45, 2.75) is 81.8 Å². The van der Waals surface area contributed by atoms with E-state index in [4.69, 9.17) is 33.9 Å². The lowest BCUT2D eigenvalue weighted by Gasteiger charge is -2.25. The molecule has 0 aliphatic rings. The predicted octanol–water partition coefficient (Wildman–Crippen LogP) is -0.273. The van der Waals surface area contributed by atoms with Gasteiger partial charge in [-0.1, -0.05) is 60.1 Å². The Morgan fingerprint density at radius 2 is 1.41 bits per heavy atom. The molecule has 0 aliphatic carbocycles. The van der Waals surface area contributed by atoms with Gasteiger partial charge >= 0.3 is 5.97 Å². The number of nitrogens with two attached hydrogens (primary N) is 3. The number of aliphatic imine (C=N–C) groups is 1. The van der Waals surface area contributed by atoms with Gasteiger partial charge in [0, 0.05) is 19.5 Å². The van der Waals surface area contributed by atoms with Crippen LogP contribution >= 0.6 is 11.6 Å². The molecule has 56 heavy (non-hydrogen) atoms. The van der Waals surface area contributed by atoms with Crippen LogP contribution < -0.4 is 33.2 Å². The van der Waals surface area contributed by atoms with Crippen LogP contribution in [0.4, 0.5) is 11.6 Å². The minimum Gasteiger partial charge on any atom is -0.480 e. The summed E-state index contributed by atoms with van der Waals surface area (Å²) in [5.41, 5.74) is 21.0. The molecule has 0 unspecified atom stereocenters. The molecular weight excluding hydrogens is 750 g/mol. The average molecular weight is 802 g/mol. The summed E-state index contributed by atoms with van der Waals surface area (Å²) in [5.74, 6) is -2.56. The zero-order valence-corrected chi connectivity index (χ0v) is 31.6. The molecule has 18 nitrogen and oxygen atoms in total. The number of nitrogens with one attached hydrogen (secondary N) is 3. The number of aryl methyl sites for hydroxylation is 2. The Morgan fingerprint density at radius 3 is 2.02 bits per heavy atom. The molecule has 2 amide bonds. The van der Waals surface area contributed by atoms with Gasteiger partial charge in [0.05, 0.1) is 12.7 Å². The van der Waals surface area contributed by atoms with E-state index in [-0.39, 0.29) is 53.7 Å². The number of unbranched alkanes of at least 4 members (excludes halogenated alkanes) is 2. The van der Waals surface area contributed by atoms with Crippen molar-refractivity contribution < 1.29 is 45.0 Å². The molecule has 19 heteroatoms. The van der Waals surface area contributed by atoms with Gasteiger partial charge in [-0.2, -0.15) is 0 Å². The van der Waals surface area contributed by atoms with Crippen LogP contribution in [0.15, 0.2) is 53.5 Å². The van der Waals surface area contributed by atoms with Crippen molar-refractivity contribution in [1.82, 2.24) is 25.9 Å². The Labute approximate surface area is 329 Å². The minimum absolute atomic E-state index is 0.0825. The van der Waals surface area contributed by atoms with E-state index >= 15 is 0 Å². The van der Waals surface area contributed by atoms with E-state index in [2.05, 4.69) is 43.0 Å². The first-order chi connectivity index (χ1) is 26.7. The van der Waals surface area contributed by atoms with Crippen molar-refractivity contribution in [1.29, 1.82) is 0 Å². The number of carboxylic acid groups (broad SMARTS) is 1. The number of rotatable bonds is 23. The molecule has 3 rings (SSSR count). The van der Waals surface area contributed by atoms with Crippen molar-refractivity contribution in [3.63, 3.8) is 0 Å². The highest BCUT2D eigenvalue weighted by atomic mass is 35.5. The fourth-order valence-electron chi connectivity index (χ4n) is 5.51. The van der Waals surface area contributed by atoms with Gasteiger partial charge in [-0.15, -0.1) is 0 Å². The van der Waals surface area contributed by atoms with Gasteiger partial charge in [0.15, 0.2) is 28.4 Å². The number of aromatic nitrogens is 2. The first-order valence-electron chi connectivity index (χ1n) is 18.1. The van der Waals surface area contributed by atoms with Crippen molar-refractivity contribution in [2.75, 3.05) is 37.7 Å². The lowest BCUT2D eigenvalue weighted by molar-refractivity contribution is -0.142. The first kappa shape index (κ1) is 45.4. The van der Waals surface area contributed by atoms with Crippen LogP contribution in [0.5, 0.6) is 0 Å². The summed E-state index contributed by atoms with van der Waals surface area (Å²) in [6.45, 7) is -0.0877. The van der Waals surface area contributed by atoms with E-state index in [1.165, 1.54) is 0 Å². The van der Waals surface area contributed by atoms with E-state index in [1.807, 2.05) is 36.4 Å². The molecule has 1 heterocycles.